The minimum Gasteiger partial charge on any atom is -0.458 e. The Hall–Kier alpha value is -2.22. The molecule has 3 aliphatic rings. The highest BCUT2D eigenvalue weighted by Crippen LogP contribution is 2.53. The summed E-state index contributed by atoms with van der Waals surface area (Å²) in [5.41, 5.74) is 1.55. The van der Waals surface area contributed by atoms with Crippen molar-refractivity contribution in [2.45, 2.75) is 58.5 Å². The van der Waals surface area contributed by atoms with Gasteiger partial charge in [-0.2, -0.15) is 0 Å². The van der Waals surface area contributed by atoms with Gasteiger partial charge >= 0.3 is 5.97 Å². The summed E-state index contributed by atoms with van der Waals surface area (Å²) in [6.45, 7) is 8.57. The van der Waals surface area contributed by atoms with Crippen molar-refractivity contribution in [2.75, 3.05) is 54.1 Å². The molecule has 38 heavy (non-hydrogen) atoms. The molecule has 0 aromatic heterocycles. The van der Waals surface area contributed by atoms with Crippen LogP contribution in [0.1, 0.15) is 58.4 Å². The molecule has 0 aliphatic heterocycles. The Morgan fingerprint density at radius 2 is 1.79 bits per heavy atom. The molecule has 4 rings (SSSR count). The normalized spacial score (nSPS) is 23.0. The van der Waals surface area contributed by atoms with Crippen LogP contribution < -0.4 is 5.32 Å². The lowest BCUT2D eigenvalue weighted by atomic mass is 9.60. The van der Waals surface area contributed by atoms with E-state index in [1.807, 2.05) is 20.8 Å². The van der Waals surface area contributed by atoms with Gasteiger partial charge in [-0.25, -0.2) is 0 Å². The first kappa shape index (κ1) is 30.3. The molecular formula is C31H48N2O5. The Balaban J connectivity index is 1.59. The molecule has 0 radical (unpaired) electrons. The lowest BCUT2D eigenvalue weighted by Crippen LogP contribution is -2.51. The minimum absolute atomic E-state index is 0.0531. The molecule has 7 nitrogen and oxygen atoms in total. The summed E-state index contributed by atoms with van der Waals surface area (Å²) >= 11 is 0. The summed E-state index contributed by atoms with van der Waals surface area (Å²) in [6, 6.07) is 10.6. The third-order valence-electron chi connectivity index (χ3n) is 8.19. The fraction of sp³-hybridized carbons (Fsp3) is 0.677. The zero-order chi connectivity index (χ0) is 27.8. The van der Waals surface area contributed by atoms with E-state index in [9.17, 15) is 9.59 Å². The summed E-state index contributed by atoms with van der Waals surface area (Å²) < 4.78 is 16.8. The van der Waals surface area contributed by atoms with Crippen molar-refractivity contribution in [3.8, 4) is 0 Å². The number of ether oxygens (including phenoxy) is 3. The molecule has 7 heteroatoms. The van der Waals surface area contributed by atoms with Crippen LogP contribution in [-0.2, 0) is 23.8 Å². The summed E-state index contributed by atoms with van der Waals surface area (Å²) in [6.07, 6.45) is 7.14. The number of methoxy groups -OCH3 is 2. The molecule has 0 heterocycles. The van der Waals surface area contributed by atoms with Crippen LogP contribution in [0.4, 0.5) is 0 Å². The Morgan fingerprint density at radius 1 is 1.11 bits per heavy atom. The van der Waals surface area contributed by atoms with E-state index in [1.54, 1.807) is 14.2 Å². The van der Waals surface area contributed by atoms with Gasteiger partial charge in [0.1, 0.15) is 5.60 Å². The van der Waals surface area contributed by atoms with Crippen molar-refractivity contribution in [1.29, 1.82) is 0 Å². The highest BCUT2D eigenvalue weighted by atomic mass is 16.6. The summed E-state index contributed by atoms with van der Waals surface area (Å²) in [7, 11) is 5.29. The minimum atomic E-state index is -0.700. The molecular weight excluding hydrogens is 480 g/mol. The molecule has 0 spiro atoms. The van der Waals surface area contributed by atoms with Gasteiger partial charge in [0.25, 0.3) is 0 Å². The maximum atomic E-state index is 12.8. The molecule has 1 N–H and O–H groups in total. The number of esters is 1. The van der Waals surface area contributed by atoms with Crippen molar-refractivity contribution in [1.82, 2.24) is 10.2 Å². The first-order valence-corrected chi connectivity index (χ1v) is 14.1. The number of nitrogens with one attached hydrogen (secondary N) is 1. The molecule has 3 aliphatic carbocycles. The molecule has 1 aromatic carbocycles. The van der Waals surface area contributed by atoms with Gasteiger partial charge in [-0.3, -0.25) is 9.59 Å². The van der Waals surface area contributed by atoms with Crippen molar-refractivity contribution in [3.63, 3.8) is 0 Å². The first-order chi connectivity index (χ1) is 18.1. The van der Waals surface area contributed by atoms with E-state index < -0.39 is 11.0 Å². The lowest BCUT2D eigenvalue weighted by Gasteiger charge is -2.50. The Bertz CT molecular complexity index is 941. The molecule has 1 aromatic rings. The predicted molar refractivity (Wildman–Crippen MR) is 151 cm³/mol. The van der Waals surface area contributed by atoms with E-state index >= 15 is 0 Å². The highest BCUT2D eigenvalue weighted by Gasteiger charge is 2.50. The molecule has 0 unspecified atom stereocenters. The SMILES string of the molecule is COCC(C)(COC)C(=O)NCCCN(C)CC[C@@]1(OC(=O)C(C)C)C[C@@H]2CC[C@H]1C=C2c1ccccc1. The number of hydrogen-bond acceptors (Lipinski definition) is 6. The molecule has 212 valence electrons. The van der Waals surface area contributed by atoms with E-state index in [-0.39, 0.29) is 23.7 Å². The van der Waals surface area contributed by atoms with Crippen LogP contribution in [0.15, 0.2) is 36.4 Å². The number of fused-ring (bicyclic) bond motifs is 2. The fourth-order valence-electron chi connectivity index (χ4n) is 5.97. The number of allylic oxidation sites excluding steroid dienone is 1. The fourth-order valence-corrected chi connectivity index (χ4v) is 5.97. The first-order valence-electron chi connectivity index (χ1n) is 14.1. The second-order valence-electron chi connectivity index (χ2n) is 11.8. The Kier molecular flexibility index (Phi) is 10.9. The van der Waals surface area contributed by atoms with Gasteiger partial charge < -0.3 is 24.4 Å². The van der Waals surface area contributed by atoms with Crippen LogP contribution in [0.2, 0.25) is 0 Å². The average molecular weight is 529 g/mol. The van der Waals surface area contributed by atoms with Crippen LogP contribution in [0.5, 0.6) is 0 Å². The molecule has 3 atom stereocenters. The zero-order valence-electron chi connectivity index (χ0n) is 24.3. The van der Waals surface area contributed by atoms with Crippen LogP contribution in [-0.4, -0.2) is 76.5 Å². The zero-order valence-corrected chi connectivity index (χ0v) is 24.3. The second kappa shape index (κ2) is 13.7. The van der Waals surface area contributed by atoms with E-state index in [2.05, 4.69) is 53.7 Å². The number of hydrogen-bond donors (Lipinski definition) is 1. The summed E-state index contributed by atoms with van der Waals surface area (Å²) in [5.74, 6) is 0.345. The predicted octanol–water partition coefficient (Wildman–Crippen LogP) is 4.57. The monoisotopic (exact) mass is 528 g/mol. The van der Waals surface area contributed by atoms with Crippen LogP contribution in [0, 0.1) is 23.2 Å². The molecule has 1 saturated carbocycles. The van der Waals surface area contributed by atoms with Crippen LogP contribution in [0.3, 0.4) is 0 Å². The number of rotatable bonds is 15. The van der Waals surface area contributed by atoms with Gasteiger partial charge in [0.05, 0.1) is 24.5 Å². The van der Waals surface area contributed by atoms with E-state index in [0.29, 0.717) is 25.7 Å². The third-order valence-corrected chi connectivity index (χ3v) is 8.19. The molecule has 0 saturated heterocycles. The quantitative estimate of drug-likeness (QED) is 0.266. The summed E-state index contributed by atoms with van der Waals surface area (Å²) in [5, 5.41) is 3.04. The number of carbonyl (C=O) groups excluding carboxylic acids is 2. The maximum Gasteiger partial charge on any atom is 0.308 e. The van der Waals surface area contributed by atoms with E-state index in [1.165, 1.54) is 11.1 Å². The smallest absolute Gasteiger partial charge is 0.308 e. The standard InChI is InChI=1S/C31H48N2O5/c1-23(2)28(34)38-31(20-25-13-14-26(31)19-27(25)24-11-8-7-9-12-24)15-18-33(4)17-10-16-32-29(35)30(3,21-36-5)22-37-6/h7-9,11-12,19,23,25-26H,10,13-18,20-22H2,1-6H3,(H,32,35)/t25-,26-,31+/m0/s1. The van der Waals surface area contributed by atoms with E-state index in [4.69, 9.17) is 14.2 Å². The molecule has 1 fully saturated rings. The van der Waals surface area contributed by atoms with Crippen molar-refractivity contribution < 1.29 is 23.8 Å². The van der Waals surface area contributed by atoms with Gasteiger partial charge in [-0.15, -0.1) is 0 Å². The Labute approximate surface area is 229 Å². The largest absolute Gasteiger partial charge is 0.458 e. The maximum absolute atomic E-state index is 12.8. The van der Waals surface area contributed by atoms with Gasteiger partial charge in [-0.05, 0) is 63.3 Å². The van der Waals surface area contributed by atoms with E-state index in [0.717, 1.165) is 45.2 Å². The number of nitrogens with zero attached hydrogens (tertiary/aromatic N) is 1. The lowest BCUT2D eigenvalue weighted by molar-refractivity contribution is -0.176. The van der Waals surface area contributed by atoms with Crippen LogP contribution >= 0.6 is 0 Å². The van der Waals surface area contributed by atoms with Crippen molar-refractivity contribution >= 4 is 17.4 Å². The number of amides is 1. The van der Waals surface area contributed by atoms with Gasteiger partial charge in [-0.1, -0.05) is 50.3 Å². The highest BCUT2D eigenvalue weighted by molar-refractivity contribution is 5.82. The number of benzene rings is 1. The van der Waals surface area contributed by atoms with Gasteiger partial charge in [0, 0.05) is 39.6 Å². The second-order valence-corrected chi connectivity index (χ2v) is 11.8. The average Bonchev–Trinajstić information content (AvgIpc) is 2.91. The van der Waals surface area contributed by atoms with Crippen LogP contribution in [0.25, 0.3) is 5.57 Å². The molecule has 2 bridgehead atoms. The molecule has 1 amide bonds. The Morgan fingerprint density at radius 3 is 2.37 bits per heavy atom. The van der Waals surface area contributed by atoms with Crippen molar-refractivity contribution in [3.05, 3.63) is 42.0 Å². The third kappa shape index (κ3) is 7.45. The number of carbonyl (C=O) groups is 2. The topological polar surface area (TPSA) is 77.1 Å². The van der Waals surface area contributed by atoms with Gasteiger partial charge in [0.2, 0.25) is 5.91 Å². The van der Waals surface area contributed by atoms with Crippen molar-refractivity contribution in [2.24, 2.45) is 23.2 Å². The van der Waals surface area contributed by atoms with Gasteiger partial charge in [0.15, 0.2) is 0 Å². The summed E-state index contributed by atoms with van der Waals surface area (Å²) in [4.78, 5) is 27.8.